The highest BCUT2D eigenvalue weighted by Crippen LogP contribution is 2.43. The monoisotopic (exact) mass is 886 g/mol. The summed E-state index contributed by atoms with van der Waals surface area (Å²) >= 11 is 0. The average molecular weight is 886 g/mol. The molecule has 0 aromatic heterocycles. The summed E-state index contributed by atoms with van der Waals surface area (Å²) in [7, 11) is -4.74. The molecule has 12 nitrogen and oxygen atoms in total. The number of carbonyl (C=O) groups is 4. The van der Waals surface area contributed by atoms with Crippen molar-refractivity contribution in [1.29, 1.82) is 0 Å². The summed E-state index contributed by atoms with van der Waals surface area (Å²) in [6, 6.07) is -1.54. The molecule has 356 valence electrons. The van der Waals surface area contributed by atoms with Crippen LogP contribution in [0.5, 0.6) is 0 Å². The Bertz CT molecular complexity index is 1190. The third-order valence-electron chi connectivity index (χ3n) is 10.7. The van der Waals surface area contributed by atoms with Crippen molar-refractivity contribution in [2.45, 2.75) is 238 Å². The zero-order valence-electron chi connectivity index (χ0n) is 38.5. The summed E-state index contributed by atoms with van der Waals surface area (Å²) in [6.07, 6.45) is 42.1. The number of esters is 2. The maximum absolute atomic E-state index is 12.7. The fraction of sp³-hybridized carbons (Fsp3) is 0.833. The van der Waals surface area contributed by atoms with Crippen molar-refractivity contribution in [1.82, 2.24) is 0 Å². The highest BCUT2D eigenvalue weighted by molar-refractivity contribution is 7.47. The van der Waals surface area contributed by atoms with E-state index < -0.39 is 51.1 Å². The molecule has 13 heteroatoms. The molecular formula is C48H88NO11P. The number of allylic oxidation sites excluding steroid dienone is 4. The van der Waals surface area contributed by atoms with Gasteiger partial charge in [-0.1, -0.05) is 193 Å². The molecule has 0 radical (unpaired) electrons. The van der Waals surface area contributed by atoms with Crippen molar-refractivity contribution in [3.8, 4) is 0 Å². The highest BCUT2D eigenvalue weighted by atomic mass is 31.2. The fourth-order valence-corrected chi connectivity index (χ4v) is 7.59. The van der Waals surface area contributed by atoms with E-state index in [2.05, 4.69) is 24.4 Å². The van der Waals surface area contributed by atoms with Crippen molar-refractivity contribution in [3.05, 3.63) is 24.3 Å². The van der Waals surface area contributed by atoms with Gasteiger partial charge in [-0.05, 0) is 38.2 Å². The second-order valence-electron chi connectivity index (χ2n) is 16.6. The summed E-state index contributed by atoms with van der Waals surface area (Å²) in [6.45, 7) is 2.67. The van der Waals surface area contributed by atoms with Crippen LogP contribution in [-0.2, 0) is 42.3 Å². The van der Waals surface area contributed by atoms with E-state index in [0.29, 0.717) is 19.3 Å². The van der Waals surface area contributed by atoms with Crippen molar-refractivity contribution in [2.24, 2.45) is 5.73 Å². The third kappa shape index (κ3) is 42.7. The second-order valence-corrected chi connectivity index (χ2v) is 18.1. The molecule has 0 aliphatic rings. The summed E-state index contributed by atoms with van der Waals surface area (Å²) in [4.78, 5) is 58.1. The highest BCUT2D eigenvalue weighted by Gasteiger charge is 2.28. The van der Waals surface area contributed by atoms with E-state index in [1.54, 1.807) is 12.2 Å². The minimum Gasteiger partial charge on any atom is -0.480 e. The molecule has 0 bridgehead atoms. The van der Waals surface area contributed by atoms with Crippen LogP contribution in [0.4, 0.5) is 0 Å². The molecule has 3 atom stereocenters. The molecule has 0 spiro atoms. The van der Waals surface area contributed by atoms with Gasteiger partial charge in [0.2, 0.25) is 0 Å². The minimum atomic E-state index is -4.74. The van der Waals surface area contributed by atoms with E-state index in [-0.39, 0.29) is 25.2 Å². The van der Waals surface area contributed by atoms with Crippen LogP contribution in [0.1, 0.15) is 226 Å². The number of nitrogens with two attached hydrogens (primary N) is 1. The number of hydrogen-bond donors (Lipinski definition) is 3. The molecule has 0 aromatic rings. The number of carboxylic acid groups (broad SMARTS) is 1. The summed E-state index contributed by atoms with van der Waals surface area (Å²) in [5, 5.41) is 8.90. The number of carboxylic acids is 1. The number of ketones is 1. The van der Waals surface area contributed by atoms with E-state index in [1.807, 2.05) is 6.08 Å². The molecule has 0 aromatic carbocycles. The number of aliphatic carboxylic acids is 1. The van der Waals surface area contributed by atoms with E-state index in [4.69, 9.17) is 24.8 Å². The molecule has 0 fully saturated rings. The lowest BCUT2D eigenvalue weighted by atomic mass is 10.0. The first-order valence-corrected chi connectivity index (χ1v) is 25.8. The predicted octanol–water partition coefficient (Wildman–Crippen LogP) is 12.6. The Morgan fingerprint density at radius 3 is 1.43 bits per heavy atom. The van der Waals surface area contributed by atoms with Gasteiger partial charge in [-0.2, -0.15) is 0 Å². The third-order valence-corrected chi connectivity index (χ3v) is 11.6. The lowest BCUT2D eigenvalue weighted by Gasteiger charge is -2.20. The average Bonchev–Trinajstić information content (AvgIpc) is 3.23. The van der Waals surface area contributed by atoms with Gasteiger partial charge >= 0.3 is 25.7 Å². The van der Waals surface area contributed by atoms with Crippen molar-refractivity contribution < 1.29 is 52.3 Å². The fourth-order valence-electron chi connectivity index (χ4n) is 6.81. The van der Waals surface area contributed by atoms with Crippen LogP contribution in [0, 0.1) is 0 Å². The Morgan fingerprint density at radius 1 is 0.541 bits per heavy atom. The van der Waals surface area contributed by atoms with Gasteiger partial charge in [0.25, 0.3) is 0 Å². The molecule has 0 heterocycles. The summed E-state index contributed by atoms with van der Waals surface area (Å²) in [5.41, 5.74) is 5.34. The van der Waals surface area contributed by atoms with E-state index in [0.717, 1.165) is 57.8 Å². The van der Waals surface area contributed by atoms with Gasteiger partial charge in [0.05, 0.1) is 13.2 Å². The molecule has 0 aliphatic carbocycles. The number of phosphoric acid groups is 1. The Labute approximate surface area is 370 Å². The quantitative estimate of drug-likeness (QED) is 0.0173. The Morgan fingerprint density at radius 2 is 0.951 bits per heavy atom. The molecule has 1 unspecified atom stereocenters. The number of unbranched alkanes of at least 4 members (excludes halogenated alkanes) is 27. The van der Waals surface area contributed by atoms with Crippen LogP contribution < -0.4 is 5.73 Å². The summed E-state index contributed by atoms with van der Waals surface area (Å²) < 4.78 is 32.7. The maximum atomic E-state index is 12.7. The molecule has 0 rings (SSSR count). The molecular weight excluding hydrogens is 797 g/mol. The van der Waals surface area contributed by atoms with E-state index in [1.165, 1.54) is 122 Å². The van der Waals surface area contributed by atoms with Gasteiger partial charge in [0.1, 0.15) is 12.6 Å². The van der Waals surface area contributed by atoms with Gasteiger partial charge < -0.3 is 25.2 Å². The summed E-state index contributed by atoms with van der Waals surface area (Å²) in [5.74, 6) is -2.37. The van der Waals surface area contributed by atoms with Gasteiger partial charge in [-0.15, -0.1) is 0 Å². The van der Waals surface area contributed by atoms with Gasteiger partial charge in [-0.3, -0.25) is 28.2 Å². The molecule has 0 amide bonds. The zero-order valence-corrected chi connectivity index (χ0v) is 39.4. The van der Waals surface area contributed by atoms with Gasteiger partial charge in [0, 0.05) is 19.3 Å². The Kier molecular flexibility index (Phi) is 41.2. The van der Waals surface area contributed by atoms with Crippen LogP contribution >= 0.6 is 7.82 Å². The zero-order chi connectivity index (χ0) is 45.1. The first kappa shape index (κ1) is 58.6. The molecule has 0 aliphatic heterocycles. The Hall–Kier alpha value is -2.37. The smallest absolute Gasteiger partial charge is 0.472 e. The van der Waals surface area contributed by atoms with Crippen molar-refractivity contribution in [2.75, 3.05) is 19.8 Å². The number of carbonyl (C=O) groups excluding carboxylic acids is 3. The van der Waals surface area contributed by atoms with Crippen LogP contribution in [0.25, 0.3) is 0 Å². The van der Waals surface area contributed by atoms with E-state index >= 15 is 0 Å². The Balaban J connectivity index is 4.31. The molecule has 0 saturated carbocycles. The van der Waals surface area contributed by atoms with Crippen LogP contribution in [-0.4, -0.2) is 65.7 Å². The lowest BCUT2D eigenvalue weighted by molar-refractivity contribution is -0.161. The van der Waals surface area contributed by atoms with Gasteiger partial charge in [-0.25, -0.2) is 4.57 Å². The SMILES string of the molecule is CCCCC/C=C\C=C\C(=O)CCCCCCCC(=O)OC[C@H](COP(=O)(O)OC[C@H](N)C(=O)O)OC(=O)CCCCCCCCCCCCCCCCCCCCCCC. The standard InChI is InChI=1S/C48H88NO11P/c1-3-5-7-9-11-12-13-14-15-16-17-18-19-20-21-22-23-24-26-30-35-39-47(52)60-44(41-58-61(55,56)59-42-45(49)48(53)54)40-57-46(51)38-34-31-27-29-33-37-43(50)36-32-28-25-10-8-6-4-2/h25,28,32,36,44-45H,3-24,26-27,29-31,33-35,37-42,49H2,1-2H3,(H,53,54)(H,55,56)/b28-25-,36-32+/t44-,45+/m1/s1. The largest absolute Gasteiger partial charge is 0.480 e. The van der Waals surface area contributed by atoms with E-state index in [9.17, 15) is 28.6 Å². The van der Waals surface area contributed by atoms with Gasteiger partial charge in [0.15, 0.2) is 11.9 Å². The number of ether oxygens (including phenoxy) is 2. The maximum Gasteiger partial charge on any atom is 0.472 e. The topological polar surface area (TPSA) is 189 Å². The minimum absolute atomic E-state index is 0.102. The molecule has 61 heavy (non-hydrogen) atoms. The predicted molar refractivity (Wildman–Crippen MR) is 245 cm³/mol. The lowest BCUT2D eigenvalue weighted by Crippen LogP contribution is -2.34. The second kappa shape index (κ2) is 42.9. The number of phosphoric ester groups is 1. The molecule has 4 N–H and O–H groups in total. The van der Waals surface area contributed by atoms with Crippen LogP contribution in [0.3, 0.4) is 0 Å². The number of rotatable bonds is 46. The van der Waals surface area contributed by atoms with Crippen molar-refractivity contribution in [3.63, 3.8) is 0 Å². The normalized spacial score (nSPS) is 13.7. The van der Waals surface area contributed by atoms with Crippen LogP contribution in [0.2, 0.25) is 0 Å². The first-order chi connectivity index (χ1) is 29.5. The first-order valence-electron chi connectivity index (χ1n) is 24.3. The molecule has 0 saturated heterocycles. The van der Waals surface area contributed by atoms with Crippen molar-refractivity contribution >= 4 is 31.5 Å². The van der Waals surface area contributed by atoms with Crippen LogP contribution in [0.15, 0.2) is 24.3 Å². The number of hydrogen-bond acceptors (Lipinski definition) is 10.